The topological polar surface area (TPSA) is 68.1 Å². The van der Waals surface area contributed by atoms with E-state index in [1.165, 1.54) is 29.0 Å². The number of anilines is 1. The fourth-order valence-electron chi connectivity index (χ4n) is 2.29. The van der Waals surface area contributed by atoms with E-state index in [2.05, 4.69) is 49.3 Å². The standard InChI is InChI=1S/C16H19N3O2/c1-11-4-5-14(12(2)8-11)9-13(3)18-16-7-6-15(10-17-16)19(20)21/h4-8,10,13H,9H2,1-3H3,(H,17,18). The predicted octanol–water partition coefficient (Wildman–Crippen LogP) is 3.65. The zero-order valence-corrected chi connectivity index (χ0v) is 12.5. The molecule has 0 aliphatic heterocycles. The highest BCUT2D eigenvalue weighted by Gasteiger charge is 2.09. The minimum absolute atomic E-state index is 0.00239. The van der Waals surface area contributed by atoms with E-state index in [4.69, 9.17) is 0 Å². The van der Waals surface area contributed by atoms with E-state index in [-0.39, 0.29) is 11.7 Å². The van der Waals surface area contributed by atoms with Crippen LogP contribution >= 0.6 is 0 Å². The van der Waals surface area contributed by atoms with E-state index in [0.717, 1.165) is 6.42 Å². The molecule has 2 aromatic rings. The Morgan fingerprint density at radius 1 is 1.29 bits per heavy atom. The molecule has 1 heterocycles. The van der Waals surface area contributed by atoms with Gasteiger partial charge in [-0.25, -0.2) is 4.98 Å². The van der Waals surface area contributed by atoms with Crippen LogP contribution in [0.5, 0.6) is 0 Å². The number of hydrogen-bond acceptors (Lipinski definition) is 4. The fourth-order valence-corrected chi connectivity index (χ4v) is 2.29. The molecule has 5 nitrogen and oxygen atoms in total. The molecule has 1 aromatic heterocycles. The number of nitrogens with one attached hydrogen (secondary N) is 1. The average Bonchev–Trinajstić information content (AvgIpc) is 2.42. The predicted molar refractivity (Wildman–Crippen MR) is 83.6 cm³/mol. The van der Waals surface area contributed by atoms with Crippen LogP contribution in [0.4, 0.5) is 11.5 Å². The zero-order chi connectivity index (χ0) is 15.4. The van der Waals surface area contributed by atoms with Gasteiger partial charge in [0.1, 0.15) is 12.0 Å². The van der Waals surface area contributed by atoms with E-state index in [0.29, 0.717) is 5.82 Å². The molecule has 1 unspecified atom stereocenters. The number of aryl methyl sites for hydroxylation is 2. The van der Waals surface area contributed by atoms with Crippen LogP contribution < -0.4 is 5.32 Å². The first-order valence-electron chi connectivity index (χ1n) is 6.89. The van der Waals surface area contributed by atoms with Gasteiger partial charge in [-0.05, 0) is 44.4 Å². The number of rotatable bonds is 5. The Hall–Kier alpha value is -2.43. The lowest BCUT2D eigenvalue weighted by atomic mass is 10.00. The summed E-state index contributed by atoms with van der Waals surface area (Å²) in [5.74, 6) is 0.651. The van der Waals surface area contributed by atoms with Crippen molar-refractivity contribution in [3.8, 4) is 0 Å². The monoisotopic (exact) mass is 285 g/mol. The molecule has 110 valence electrons. The summed E-state index contributed by atoms with van der Waals surface area (Å²) in [5, 5.41) is 13.9. The molecule has 0 amide bonds. The summed E-state index contributed by atoms with van der Waals surface area (Å²) in [5.41, 5.74) is 3.83. The Morgan fingerprint density at radius 3 is 2.62 bits per heavy atom. The van der Waals surface area contributed by atoms with Crippen LogP contribution in [0.15, 0.2) is 36.5 Å². The molecule has 0 aliphatic carbocycles. The summed E-state index contributed by atoms with van der Waals surface area (Å²) in [6.45, 7) is 6.26. The van der Waals surface area contributed by atoms with Gasteiger partial charge in [0.2, 0.25) is 0 Å². The molecule has 0 radical (unpaired) electrons. The van der Waals surface area contributed by atoms with Crippen LogP contribution in [0, 0.1) is 24.0 Å². The second kappa shape index (κ2) is 6.35. The number of nitrogens with zero attached hydrogens (tertiary/aromatic N) is 2. The van der Waals surface area contributed by atoms with Crippen molar-refractivity contribution >= 4 is 11.5 Å². The molecule has 2 rings (SSSR count). The van der Waals surface area contributed by atoms with E-state index in [1.54, 1.807) is 6.07 Å². The van der Waals surface area contributed by atoms with Gasteiger partial charge in [-0.3, -0.25) is 10.1 Å². The van der Waals surface area contributed by atoms with E-state index in [9.17, 15) is 10.1 Å². The minimum atomic E-state index is -0.449. The summed E-state index contributed by atoms with van der Waals surface area (Å²) < 4.78 is 0. The Morgan fingerprint density at radius 2 is 2.05 bits per heavy atom. The van der Waals surface area contributed by atoms with Gasteiger partial charge in [0, 0.05) is 12.1 Å². The van der Waals surface area contributed by atoms with Crippen LogP contribution in [-0.4, -0.2) is 15.9 Å². The smallest absolute Gasteiger partial charge is 0.287 e. The van der Waals surface area contributed by atoms with Crippen LogP contribution in [0.1, 0.15) is 23.6 Å². The van der Waals surface area contributed by atoms with Crippen LogP contribution in [0.2, 0.25) is 0 Å². The van der Waals surface area contributed by atoms with Crippen molar-refractivity contribution in [1.82, 2.24) is 4.98 Å². The first kappa shape index (κ1) is 15.0. The molecular weight excluding hydrogens is 266 g/mol. The third-order valence-corrected chi connectivity index (χ3v) is 3.38. The first-order chi connectivity index (χ1) is 9.95. The third kappa shape index (κ3) is 4.02. The van der Waals surface area contributed by atoms with Gasteiger partial charge in [0.05, 0.1) is 4.92 Å². The molecule has 1 N–H and O–H groups in total. The summed E-state index contributed by atoms with van der Waals surface area (Å²) in [4.78, 5) is 14.2. The molecule has 0 fully saturated rings. The third-order valence-electron chi connectivity index (χ3n) is 3.38. The highest BCUT2D eigenvalue weighted by molar-refractivity contribution is 5.41. The molecule has 0 spiro atoms. The van der Waals surface area contributed by atoms with Crippen molar-refractivity contribution in [2.75, 3.05) is 5.32 Å². The van der Waals surface area contributed by atoms with Gasteiger partial charge in [-0.2, -0.15) is 0 Å². The van der Waals surface area contributed by atoms with Crippen molar-refractivity contribution in [1.29, 1.82) is 0 Å². The number of hydrogen-bond donors (Lipinski definition) is 1. The molecule has 0 aliphatic rings. The lowest BCUT2D eigenvalue weighted by Crippen LogP contribution is -2.19. The molecule has 1 atom stereocenters. The summed E-state index contributed by atoms with van der Waals surface area (Å²) >= 11 is 0. The maximum Gasteiger partial charge on any atom is 0.287 e. The Balaban J connectivity index is 2.01. The molecular formula is C16H19N3O2. The Bertz CT molecular complexity index is 638. The molecule has 0 bridgehead atoms. The lowest BCUT2D eigenvalue weighted by molar-refractivity contribution is -0.385. The van der Waals surface area contributed by atoms with Gasteiger partial charge in [-0.15, -0.1) is 0 Å². The van der Waals surface area contributed by atoms with Crippen molar-refractivity contribution < 1.29 is 4.92 Å². The number of aromatic nitrogens is 1. The van der Waals surface area contributed by atoms with Gasteiger partial charge in [0.25, 0.3) is 5.69 Å². The lowest BCUT2D eigenvalue weighted by Gasteiger charge is -2.16. The molecule has 0 saturated heterocycles. The SMILES string of the molecule is Cc1ccc(CC(C)Nc2ccc([N+](=O)[O-])cn2)c(C)c1. The fraction of sp³-hybridized carbons (Fsp3) is 0.312. The maximum atomic E-state index is 10.6. The highest BCUT2D eigenvalue weighted by atomic mass is 16.6. The van der Waals surface area contributed by atoms with E-state index >= 15 is 0 Å². The Kier molecular flexibility index (Phi) is 4.52. The summed E-state index contributed by atoms with van der Waals surface area (Å²) in [7, 11) is 0. The normalized spacial score (nSPS) is 12.0. The minimum Gasteiger partial charge on any atom is -0.367 e. The summed E-state index contributed by atoms with van der Waals surface area (Å²) in [6, 6.07) is 9.72. The number of benzene rings is 1. The maximum absolute atomic E-state index is 10.6. The van der Waals surface area contributed by atoms with Crippen molar-refractivity contribution in [2.45, 2.75) is 33.2 Å². The first-order valence-corrected chi connectivity index (χ1v) is 6.89. The van der Waals surface area contributed by atoms with Crippen molar-refractivity contribution in [2.24, 2.45) is 0 Å². The van der Waals surface area contributed by atoms with Gasteiger partial charge < -0.3 is 5.32 Å². The van der Waals surface area contributed by atoms with E-state index < -0.39 is 4.92 Å². The number of pyridine rings is 1. The average molecular weight is 285 g/mol. The Labute approximate surface area is 124 Å². The van der Waals surface area contributed by atoms with Crippen molar-refractivity contribution in [3.05, 3.63) is 63.3 Å². The molecule has 0 saturated carbocycles. The van der Waals surface area contributed by atoms with E-state index in [1.807, 2.05) is 0 Å². The molecule has 5 heteroatoms. The number of nitro groups is 1. The van der Waals surface area contributed by atoms with Gasteiger partial charge in [-0.1, -0.05) is 23.8 Å². The highest BCUT2D eigenvalue weighted by Crippen LogP contribution is 2.16. The van der Waals surface area contributed by atoms with Crippen LogP contribution in [0.25, 0.3) is 0 Å². The molecule has 1 aromatic carbocycles. The second-order valence-electron chi connectivity index (χ2n) is 5.34. The molecule has 21 heavy (non-hydrogen) atoms. The second-order valence-corrected chi connectivity index (χ2v) is 5.34. The van der Waals surface area contributed by atoms with Gasteiger partial charge in [0.15, 0.2) is 0 Å². The van der Waals surface area contributed by atoms with Crippen LogP contribution in [0.3, 0.4) is 0 Å². The quantitative estimate of drug-likeness (QED) is 0.672. The van der Waals surface area contributed by atoms with Crippen LogP contribution in [-0.2, 0) is 6.42 Å². The zero-order valence-electron chi connectivity index (χ0n) is 12.5. The van der Waals surface area contributed by atoms with Crippen molar-refractivity contribution in [3.63, 3.8) is 0 Å². The summed E-state index contributed by atoms with van der Waals surface area (Å²) in [6.07, 6.45) is 2.15. The largest absolute Gasteiger partial charge is 0.367 e. The van der Waals surface area contributed by atoms with Gasteiger partial charge >= 0.3 is 0 Å².